The molecule has 104 valence electrons. The van der Waals surface area contributed by atoms with Gasteiger partial charge in [0.2, 0.25) is 0 Å². The van der Waals surface area contributed by atoms with Crippen LogP contribution in [0.2, 0.25) is 0 Å². The van der Waals surface area contributed by atoms with Crippen molar-refractivity contribution in [3.63, 3.8) is 0 Å². The summed E-state index contributed by atoms with van der Waals surface area (Å²) in [6.45, 7) is 3.31. The van der Waals surface area contributed by atoms with Crippen LogP contribution in [0, 0.1) is 0 Å². The monoisotopic (exact) mass is 289 g/mol. The Morgan fingerprint density at radius 1 is 1.16 bits per heavy atom. The first kappa shape index (κ1) is 14.1. The Hall–Kier alpha value is -1.34. The van der Waals surface area contributed by atoms with Gasteiger partial charge in [0.25, 0.3) is 0 Å². The Balaban J connectivity index is 1.97. The van der Waals surface area contributed by atoms with Crippen LogP contribution in [0.15, 0.2) is 24.3 Å². The van der Waals surface area contributed by atoms with Gasteiger partial charge in [0.15, 0.2) is 5.11 Å². The number of nitrogens with zero attached hydrogens (tertiary/aromatic N) is 1. The second-order valence-electron chi connectivity index (χ2n) is 4.24. The highest BCUT2D eigenvalue weighted by molar-refractivity contribution is 7.80. The number of benzene rings is 1. The van der Waals surface area contributed by atoms with Crippen molar-refractivity contribution in [2.45, 2.75) is 6.18 Å². The molecule has 2 N–H and O–H groups in total. The van der Waals surface area contributed by atoms with Crippen LogP contribution in [0.4, 0.5) is 18.9 Å². The van der Waals surface area contributed by atoms with Crippen LogP contribution in [-0.2, 0) is 6.18 Å². The third-order valence-electron chi connectivity index (χ3n) is 2.87. The molecule has 0 aliphatic carbocycles. The Bertz CT molecular complexity index is 439. The SMILES string of the molecule is FC(F)(F)c1ccc(NC(=S)N2CCNCC2)cc1. The van der Waals surface area contributed by atoms with Gasteiger partial charge in [0.05, 0.1) is 5.56 Å². The molecule has 1 fully saturated rings. The molecule has 0 bridgehead atoms. The Morgan fingerprint density at radius 2 is 1.74 bits per heavy atom. The van der Waals surface area contributed by atoms with Gasteiger partial charge in [-0.15, -0.1) is 0 Å². The van der Waals surface area contributed by atoms with Crippen molar-refractivity contribution in [3.05, 3.63) is 29.8 Å². The normalized spacial score (nSPS) is 16.3. The van der Waals surface area contributed by atoms with Gasteiger partial charge in [-0.25, -0.2) is 0 Å². The maximum atomic E-state index is 12.4. The topological polar surface area (TPSA) is 27.3 Å². The zero-order valence-electron chi connectivity index (χ0n) is 10.1. The van der Waals surface area contributed by atoms with Crippen LogP contribution in [0.5, 0.6) is 0 Å². The molecule has 0 spiro atoms. The van der Waals surface area contributed by atoms with Crippen LogP contribution in [0.25, 0.3) is 0 Å². The Kier molecular flexibility index (Phi) is 4.26. The number of hydrogen-bond donors (Lipinski definition) is 2. The van der Waals surface area contributed by atoms with Crippen molar-refractivity contribution in [1.82, 2.24) is 10.2 Å². The number of hydrogen-bond acceptors (Lipinski definition) is 2. The van der Waals surface area contributed by atoms with Crippen molar-refractivity contribution in [2.24, 2.45) is 0 Å². The predicted octanol–water partition coefficient (Wildman–Crippen LogP) is 2.31. The number of alkyl halides is 3. The summed E-state index contributed by atoms with van der Waals surface area (Å²) < 4.78 is 37.2. The van der Waals surface area contributed by atoms with E-state index in [0.29, 0.717) is 10.8 Å². The van der Waals surface area contributed by atoms with E-state index in [4.69, 9.17) is 12.2 Å². The van der Waals surface area contributed by atoms with E-state index in [2.05, 4.69) is 10.6 Å². The fourth-order valence-corrected chi connectivity index (χ4v) is 2.11. The van der Waals surface area contributed by atoms with E-state index in [1.54, 1.807) is 0 Å². The van der Waals surface area contributed by atoms with Gasteiger partial charge in [-0.3, -0.25) is 0 Å². The predicted molar refractivity (Wildman–Crippen MR) is 72.1 cm³/mol. The molecule has 3 nitrogen and oxygen atoms in total. The average molecular weight is 289 g/mol. The molecule has 1 aromatic rings. The van der Waals surface area contributed by atoms with Gasteiger partial charge < -0.3 is 15.5 Å². The molecular weight excluding hydrogens is 275 g/mol. The lowest BCUT2D eigenvalue weighted by Gasteiger charge is -2.29. The minimum Gasteiger partial charge on any atom is -0.346 e. The summed E-state index contributed by atoms with van der Waals surface area (Å²) in [5.41, 5.74) is -0.0947. The number of rotatable bonds is 1. The molecule has 19 heavy (non-hydrogen) atoms. The van der Waals surface area contributed by atoms with Gasteiger partial charge in [-0.1, -0.05) is 0 Å². The molecule has 0 atom stereocenters. The molecule has 0 unspecified atom stereocenters. The zero-order valence-corrected chi connectivity index (χ0v) is 10.9. The van der Waals surface area contributed by atoms with Gasteiger partial charge >= 0.3 is 6.18 Å². The number of thiocarbonyl (C=S) groups is 1. The highest BCUT2D eigenvalue weighted by Gasteiger charge is 2.29. The first-order chi connectivity index (χ1) is 8.97. The smallest absolute Gasteiger partial charge is 0.346 e. The maximum absolute atomic E-state index is 12.4. The first-order valence-corrected chi connectivity index (χ1v) is 6.31. The quantitative estimate of drug-likeness (QED) is 0.776. The minimum absolute atomic E-state index is 0.543. The highest BCUT2D eigenvalue weighted by atomic mass is 32.1. The lowest BCUT2D eigenvalue weighted by Crippen LogP contribution is -2.47. The lowest BCUT2D eigenvalue weighted by atomic mass is 10.2. The molecule has 0 amide bonds. The number of piperazine rings is 1. The van der Waals surface area contributed by atoms with E-state index < -0.39 is 11.7 Å². The van der Waals surface area contributed by atoms with E-state index in [1.807, 2.05) is 4.90 Å². The van der Waals surface area contributed by atoms with Gasteiger partial charge in [-0.2, -0.15) is 13.2 Å². The van der Waals surface area contributed by atoms with Gasteiger partial charge in [-0.05, 0) is 36.5 Å². The van der Waals surface area contributed by atoms with E-state index in [0.717, 1.165) is 38.3 Å². The molecule has 1 aliphatic rings. The van der Waals surface area contributed by atoms with E-state index >= 15 is 0 Å². The van der Waals surface area contributed by atoms with E-state index in [1.165, 1.54) is 12.1 Å². The van der Waals surface area contributed by atoms with Crippen LogP contribution in [-0.4, -0.2) is 36.2 Å². The second kappa shape index (κ2) is 5.75. The summed E-state index contributed by atoms with van der Waals surface area (Å²) in [7, 11) is 0. The summed E-state index contributed by atoms with van der Waals surface area (Å²) in [5.74, 6) is 0. The van der Waals surface area contributed by atoms with Crippen LogP contribution in [0.1, 0.15) is 5.56 Å². The van der Waals surface area contributed by atoms with E-state index in [9.17, 15) is 13.2 Å². The fourth-order valence-electron chi connectivity index (χ4n) is 1.81. The molecule has 1 heterocycles. The molecule has 1 aromatic carbocycles. The zero-order chi connectivity index (χ0) is 13.9. The van der Waals surface area contributed by atoms with Crippen molar-refractivity contribution in [1.29, 1.82) is 0 Å². The summed E-state index contributed by atoms with van der Waals surface area (Å²) >= 11 is 5.23. The molecule has 1 aliphatic heterocycles. The van der Waals surface area contributed by atoms with Crippen molar-refractivity contribution >= 4 is 23.0 Å². The number of halogens is 3. The van der Waals surface area contributed by atoms with Crippen LogP contribution >= 0.6 is 12.2 Å². The van der Waals surface area contributed by atoms with Crippen molar-refractivity contribution < 1.29 is 13.2 Å². The third-order valence-corrected chi connectivity index (χ3v) is 3.23. The van der Waals surface area contributed by atoms with Crippen molar-refractivity contribution in [2.75, 3.05) is 31.5 Å². The Labute approximate surface area is 114 Å². The first-order valence-electron chi connectivity index (χ1n) is 5.91. The van der Waals surface area contributed by atoms with E-state index in [-0.39, 0.29) is 0 Å². The lowest BCUT2D eigenvalue weighted by molar-refractivity contribution is -0.137. The van der Waals surface area contributed by atoms with Gasteiger partial charge in [0.1, 0.15) is 0 Å². The highest BCUT2D eigenvalue weighted by Crippen LogP contribution is 2.29. The summed E-state index contributed by atoms with van der Waals surface area (Å²) in [5, 5.41) is 6.70. The number of nitrogens with one attached hydrogen (secondary N) is 2. The average Bonchev–Trinajstić information content (AvgIpc) is 2.39. The molecule has 7 heteroatoms. The Morgan fingerprint density at radius 3 is 2.26 bits per heavy atom. The fraction of sp³-hybridized carbons (Fsp3) is 0.417. The van der Waals surface area contributed by atoms with Gasteiger partial charge in [0, 0.05) is 31.9 Å². The molecule has 0 saturated carbocycles. The molecule has 1 saturated heterocycles. The molecular formula is C12H14F3N3S. The minimum atomic E-state index is -4.31. The third kappa shape index (κ3) is 3.81. The second-order valence-corrected chi connectivity index (χ2v) is 4.63. The van der Waals surface area contributed by atoms with Crippen molar-refractivity contribution in [3.8, 4) is 0 Å². The standard InChI is InChI=1S/C12H14F3N3S/c13-12(14,15)9-1-3-10(4-2-9)17-11(19)18-7-5-16-6-8-18/h1-4,16H,5-8H2,(H,17,19). The summed E-state index contributed by atoms with van der Waals surface area (Å²) in [6, 6.07) is 4.86. The summed E-state index contributed by atoms with van der Waals surface area (Å²) in [4.78, 5) is 1.99. The molecule has 2 rings (SSSR count). The van der Waals surface area contributed by atoms with Crippen LogP contribution < -0.4 is 10.6 Å². The molecule has 0 radical (unpaired) electrons. The van der Waals surface area contributed by atoms with Crippen LogP contribution in [0.3, 0.4) is 0 Å². The molecule has 0 aromatic heterocycles. The summed E-state index contributed by atoms with van der Waals surface area (Å²) in [6.07, 6.45) is -4.31. The maximum Gasteiger partial charge on any atom is 0.416 e. The largest absolute Gasteiger partial charge is 0.416 e. The number of anilines is 1.